The van der Waals surface area contributed by atoms with Gasteiger partial charge in [0, 0.05) is 31.9 Å². The third-order valence-electron chi connectivity index (χ3n) is 4.13. The highest BCUT2D eigenvalue weighted by Crippen LogP contribution is 2.29. The number of nitrogens with one attached hydrogen (secondary N) is 1. The van der Waals surface area contributed by atoms with E-state index in [1.165, 1.54) is 0 Å². The highest BCUT2D eigenvalue weighted by Gasteiger charge is 2.37. The summed E-state index contributed by atoms with van der Waals surface area (Å²) in [5.41, 5.74) is 6.13. The Labute approximate surface area is 131 Å². The van der Waals surface area contributed by atoms with E-state index in [0.29, 0.717) is 39.1 Å². The molecule has 1 fully saturated rings. The number of amides is 1. The van der Waals surface area contributed by atoms with Crippen molar-refractivity contribution in [3.05, 3.63) is 35.9 Å². The maximum absolute atomic E-state index is 11.7. The Morgan fingerprint density at radius 3 is 2.82 bits per heavy atom. The molecule has 0 radical (unpaired) electrons. The van der Waals surface area contributed by atoms with Gasteiger partial charge < -0.3 is 20.5 Å². The Morgan fingerprint density at radius 1 is 1.41 bits per heavy atom. The lowest BCUT2D eigenvalue weighted by Crippen LogP contribution is -2.48. The van der Waals surface area contributed by atoms with Crippen molar-refractivity contribution in [3.63, 3.8) is 0 Å². The van der Waals surface area contributed by atoms with Gasteiger partial charge in [-0.2, -0.15) is 0 Å². The van der Waals surface area contributed by atoms with Gasteiger partial charge in [0.1, 0.15) is 5.75 Å². The van der Waals surface area contributed by atoms with E-state index in [2.05, 4.69) is 5.32 Å². The van der Waals surface area contributed by atoms with Crippen LogP contribution in [0, 0.1) is 5.41 Å². The molecule has 1 aliphatic rings. The zero-order valence-electron chi connectivity index (χ0n) is 13.0. The second-order valence-corrected chi connectivity index (χ2v) is 5.53. The molecule has 0 spiro atoms. The van der Waals surface area contributed by atoms with Gasteiger partial charge in [0.2, 0.25) is 5.91 Å². The molecule has 1 amide bonds. The first-order valence-corrected chi connectivity index (χ1v) is 7.56. The number of primary amides is 1. The van der Waals surface area contributed by atoms with Crippen molar-refractivity contribution in [3.8, 4) is 5.75 Å². The van der Waals surface area contributed by atoms with Crippen molar-refractivity contribution in [1.82, 2.24) is 5.32 Å². The number of carbonyl (C=O) groups excluding carboxylic acids is 1. The minimum Gasteiger partial charge on any atom is -0.496 e. The number of benzene rings is 1. The van der Waals surface area contributed by atoms with Crippen LogP contribution in [0.15, 0.2) is 30.3 Å². The number of rotatable bonds is 7. The molecule has 0 unspecified atom stereocenters. The van der Waals surface area contributed by atoms with Crippen LogP contribution in [0.1, 0.15) is 18.4 Å². The van der Waals surface area contributed by atoms with Crippen LogP contribution in [0.2, 0.25) is 0 Å². The monoisotopic (exact) mass is 304 g/mol. The van der Waals surface area contributed by atoms with E-state index in [4.69, 9.17) is 15.2 Å². The molecule has 120 valence electrons. The van der Waals surface area contributed by atoms with E-state index >= 15 is 0 Å². The SMILES string of the molecule is COc1ccccc1/C=C/CNCC1(C(N)=O)CCOCC1. The summed E-state index contributed by atoms with van der Waals surface area (Å²) in [6.07, 6.45) is 5.40. The molecule has 22 heavy (non-hydrogen) atoms. The Bertz CT molecular complexity index is 522. The number of hydrogen-bond acceptors (Lipinski definition) is 4. The summed E-state index contributed by atoms with van der Waals surface area (Å²) < 4.78 is 10.6. The predicted octanol–water partition coefficient (Wildman–Crippen LogP) is 1.58. The van der Waals surface area contributed by atoms with Crippen LogP contribution < -0.4 is 15.8 Å². The van der Waals surface area contributed by atoms with Gasteiger partial charge in [-0.25, -0.2) is 0 Å². The summed E-state index contributed by atoms with van der Waals surface area (Å²) in [4.78, 5) is 11.7. The average Bonchev–Trinajstić information content (AvgIpc) is 2.55. The first-order chi connectivity index (χ1) is 10.7. The van der Waals surface area contributed by atoms with Crippen molar-refractivity contribution < 1.29 is 14.3 Å². The zero-order valence-corrected chi connectivity index (χ0v) is 13.0. The minimum absolute atomic E-state index is 0.239. The molecule has 1 saturated heterocycles. The normalized spacial score (nSPS) is 17.5. The van der Waals surface area contributed by atoms with Gasteiger partial charge in [0.15, 0.2) is 0 Å². The van der Waals surface area contributed by atoms with Crippen LogP contribution >= 0.6 is 0 Å². The summed E-state index contributed by atoms with van der Waals surface area (Å²) >= 11 is 0. The Kier molecular flexibility index (Phi) is 5.98. The second-order valence-electron chi connectivity index (χ2n) is 5.53. The fourth-order valence-electron chi connectivity index (χ4n) is 2.66. The Morgan fingerprint density at radius 2 is 2.14 bits per heavy atom. The molecular weight excluding hydrogens is 280 g/mol. The first-order valence-electron chi connectivity index (χ1n) is 7.56. The zero-order chi connectivity index (χ0) is 15.8. The van der Waals surface area contributed by atoms with Gasteiger partial charge >= 0.3 is 0 Å². The highest BCUT2D eigenvalue weighted by molar-refractivity contribution is 5.81. The Balaban J connectivity index is 1.85. The third-order valence-corrected chi connectivity index (χ3v) is 4.13. The van der Waals surface area contributed by atoms with Gasteiger partial charge in [-0.3, -0.25) is 4.79 Å². The fourth-order valence-corrected chi connectivity index (χ4v) is 2.66. The lowest BCUT2D eigenvalue weighted by Gasteiger charge is -2.34. The van der Waals surface area contributed by atoms with Gasteiger partial charge in [-0.05, 0) is 18.9 Å². The van der Waals surface area contributed by atoms with Gasteiger partial charge in [-0.1, -0.05) is 30.4 Å². The molecule has 1 aliphatic heterocycles. The maximum Gasteiger partial charge on any atom is 0.225 e. The number of para-hydroxylation sites is 1. The number of hydrogen-bond donors (Lipinski definition) is 2. The number of nitrogens with two attached hydrogens (primary N) is 1. The first kappa shape index (κ1) is 16.5. The van der Waals surface area contributed by atoms with E-state index in [0.717, 1.165) is 11.3 Å². The molecule has 1 aromatic carbocycles. The molecule has 5 nitrogen and oxygen atoms in total. The maximum atomic E-state index is 11.7. The lowest BCUT2D eigenvalue weighted by atomic mass is 9.79. The topological polar surface area (TPSA) is 73.6 Å². The van der Waals surface area contributed by atoms with Gasteiger partial charge in [0.25, 0.3) is 0 Å². The molecule has 3 N–H and O–H groups in total. The van der Waals surface area contributed by atoms with Crippen molar-refractivity contribution in [1.29, 1.82) is 0 Å². The molecular formula is C17H24N2O3. The minimum atomic E-state index is -0.476. The molecule has 0 bridgehead atoms. The molecule has 0 saturated carbocycles. The lowest BCUT2D eigenvalue weighted by molar-refractivity contribution is -0.132. The van der Waals surface area contributed by atoms with Crippen molar-refractivity contribution in [2.75, 3.05) is 33.4 Å². The summed E-state index contributed by atoms with van der Waals surface area (Å²) in [6, 6.07) is 7.84. The van der Waals surface area contributed by atoms with E-state index in [9.17, 15) is 4.79 Å². The molecule has 5 heteroatoms. The number of methoxy groups -OCH3 is 1. The van der Waals surface area contributed by atoms with Crippen molar-refractivity contribution in [2.45, 2.75) is 12.8 Å². The van der Waals surface area contributed by atoms with Crippen LogP contribution in [-0.2, 0) is 9.53 Å². The predicted molar refractivity (Wildman–Crippen MR) is 86.6 cm³/mol. The largest absolute Gasteiger partial charge is 0.496 e. The number of ether oxygens (including phenoxy) is 2. The van der Waals surface area contributed by atoms with Crippen LogP contribution in [-0.4, -0.2) is 39.3 Å². The molecule has 1 heterocycles. The van der Waals surface area contributed by atoms with Crippen LogP contribution in [0.3, 0.4) is 0 Å². The molecule has 2 rings (SSSR count). The third kappa shape index (κ3) is 4.08. The average molecular weight is 304 g/mol. The summed E-state index contributed by atoms with van der Waals surface area (Å²) in [7, 11) is 1.66. The number of carbonyl (C=O) groups is 1. The van der Waals surface area contributed by atoms with Crippen molar-refractivity contribution >= 4 is 12.0 Å². The molecule has 0 aliphatic carbocycles. The van der Waals surface area contributed by atoms with E-state index < -0.39 is 5.41 Å². The van der Waals surface area contributed by atoms with Gasteiger partial charge in [0.05, 0.1) is 12.5 Å². The summed E-state index contributed by atoms with van der Waals surface area (Å²) in [5.74, 6) is 0.605. The smallest absolute Gasteiger partial charge is 0.225 e. The quantitative estimate of drug-likeness (QED) is 0.750. The van der Waals surface area contributed by atoms with E-state index in [1.54, 1.807) is 7.11 Å². The fraction of sp³-hybridized carbons (Fsp3) is 0.471. The Hall–Kier alpha value is -1.85. The van der Waals surface area contributed by atoms with Crippen LogP contribution in [0.5, 0.6) is 5.75 Å². The summed E-state index contributed by atoms with van der Waals surface area (Å²) in [5, 5.41) is 3.30. The highest BCUT2D eigenvalue weighted by atomic mass is 16.5. The van der Waals surface area contributed by atoms with Gasteiger partial charge in [-0.15, -0.1) is 0 Å². The molecule has 1 aromatic rings. The van der Waals surface area contributed by atoms with Crippen molar-refractivity contribution in [2.24, 2.45) is 11.1 Å². The molecule has 0 aromatic heterocycles. The molecule has 0 atom stereocenters. The van der Waals surface area contributed by atoms with E-state index in [1.807, 2.05) is 36.4 Å². The standard InChI is InChI=1S/C17H24N2O3/c1-21-15-7-3-2-5-14(15)6-4-10-19-13-17(16(18)20)8-11-22-12-9-17/h2-7,19H,8-13H2,1H3,(H2,18,20)/b6-4+. The summed E-state index contributed by atoms with van der Waals surface area (Å²) in [6.45, 7) is 2.46. The van der Waals surface area contributed by atoms with Crippen LogP contribution in [0.4, 0.5) is 0 Å². The van der Waals surface area contributed by atoms with E-state index in [-0.39, 0.29) is 5.91 Å². The van der Waals surface area contributed by atoms with Crippen LogP contribution in [0.25, 0.3) is 6.08 Å². The second kappa shape index (κ2) is 7.96.